The Balaban J connectivity index is 1.39. The van der Waals surface area contributed by atoms with Gasteiger partial charge in [-0.1, -0.05) is 65.3 Å². The standard InChI is InChI=1S/C26H20N4O3S/c1-17-8-7-9-18(14-17)24-27-22(33-28-24)15-29-21-13-6-5-12-20(21)26(25(29)32)30(23(31)16-34-26)19-10-3-2-4-11-19/h2-14H,15-16H2,1H3. The molecular weight excluding hydrogens is 448 g/mol. The molecule has 0 radical (unpaired) electrons. The first-order valence-electron chi connectivity index (χ1n) is 10.9. The van der Waals surface area contributed by atoms with Gasteiger partial charge in [-0.2, -0.15) is 4.98 Å². The zero-order valence-electron chi connectivity index (χ0n) is 18.3. The number of aryl methyl sites for hydroxylation is 1. The molecule has 1 unspecified atom stereocenters. The molecule has 1 atom stereocenters. The maximum atomic E-state index is 14.1. The van der Waals surface area contributed by atoms with Crippen molar-refractivity contribution in [3.63, 3.8) is 0 Å². The second-order valence-corrected chi connectivity index (χ2v) is 9.46. The number of anilines is 2. The average molecular weight is 469 g/mol. The second-order valence-electron chi connectivity index (χ2n) is 8.29. The summed E-state index contributed by atoms with van der Waals surface area (Å²) in [5.74, 6) is 0.743. The largest absolute Gasteiger partial charge is 0.337 e. The molecule has 2 aliphatic heterocycles. The van der Waals surface area contributed by atoms with Crippen molar-refractivity contribution in [3.05, 3.63) is 95.9 Å². The highest BCUT2D eigenvalue weighted by molar-refractivity contribution is 8.02. The zero-order chi connectivity index (χ0) is 23.3. The first-order valence-corrected chi connectivity index (χ1v) is 11.9. The highest BCUT2D eigenvalue weighted by Gasteiger charge is 2.61. The Labute approximate surface area is 200 Å². The Bertz CT molecular complexity index is 1420. The van der Waals surface area contributed by atoms with Gasteiger partial charge in [0.05, 0.1) is 11.4 Å². The first-order chi connectivity index (χ1) is 16.6. The van der Waals surface area contributed by atoms with Crippen molar-refractivity contribution in [1.29, 1.82) is 0 Å². The number of carbonyl (C=O) groups excluding carboxylic acids is 2. The van der Waals surface area contributed by atoms with Crippen molar-refractivity contribution in [3.8, 4) is 11.4 Å². The van der Waals surface area contributed by atoms with Gasteiger partial charge in [0, 0.05) is 16.8 Å². The molecule has 3 heterocycles. The van der Waals surface area contributed by atoms with Gasteiger partial charge in [0.15, 0.2) is 0 Å². The zero-order valence-corrected chi connectivity index (χ0v) is 19.2. The molecule has 1 aromatic heterocycles. The number of amides is 2. The molecule has 7 nitrogen and oxygen atoms in total. The topological polar surface area (TPSA) is 79.5 Å². The number of nitrogens with zero attached hydrogens (tertiary/aromatic N) is 4. The van der Waals surface area contributed by atoms with Crippen LogP contribution in [0.2, 0.25) is 0 Å². The van der Waals surface area contributed by atoms with E-state index in [-0.39, 0.29) is 24.1 Å². The molecule has 4 aromatic rings. The lowest BCUT2D eigenvalue weighted by Crippen LogP contribution is -2.49. The van der Waals surface area contributed by atoms with Crippen LogP contribution < -0.4 is 9.80 Å². The number of benzene rings is 3. The van der Waals surface area contributed by atoms with Crippen LogP contribution >= 0.6 is 11.8 Å². The van der Waals surface area contributed by atoms with Gasteiger partial charge in [0.1, 0.15) is 6.54 Å². The van der Waals surface area contributed by atoms with Crippen LogP contribution in [0.15, 0.2) is 83.4 Å². The Hall–Kier alpha value is -3.91. The lowest BCUT2D eigenvalue weighted by molar-refractivity contribution is -0.123. The van der Waals surface area contributed by atoms with Gasteiger partial charge in [-0.25, -0.2) is 0 Å². The number of rotatable bonds is 4. The average Bonchev–Trinajstić information content (AvgIpc) is 3.53. The Morgan fingerprint density at radius 3 is 2.62 bits per heavy atom. The van der Waals surface area contributed by atoms with Crippen LogP contribution in [0.3, 0.4) is 0 Å². The van der Waals surface area contributed by atoms with Crippen molar-refractivity contribution >= 4 is 35.0 Å². The molecule has 2 amide bonds. The lowest BCUT2D eigenvalue weighted by atomic mass is 10.0. The summed E-state index contributed by atoms with van der Waals surface area (Å²) in [5, 5.41) is 4.12. The number of hydrogen-bond donors (Lipinski definition) is 0. The fourth-order valence-corrected chi connectivity index (χ4v) is 6.00. The molecule has 168 valence electrons. The van der Waals surface area contributed by atoms with E-state index in [1.165, 1.54) is 11.8 Å². The van der Waals surface area contributed by atoms with E-state index in [1.54, 1.807) is 9.80 Å². The fourth-order valence-electron chi connectivity index (χ4n) is 4.65. The molecule has 0 N–H and O–H groups in total. The van der Waals surface area contributed by atoms with Crippen LogP contribution in [0.5, 0.6) is 0 Å². The highest BCUT2D eigenvalue weighted by Crippen LogP contribution is 2.55. The summed E-state index contributed by atoms with van der Waals surface area (Å²) in [7, 11) is 0. The van der Waals surface area contributed by atoms with Crippen LogP contribution in [0.4, 0.5) is 11.4 Å². The molecule has 34 heavy (non-hydrogen) atoms. The minimum absolute atomic E-state index is 0.0965. The number of hydrogen-bond acceptors (Lipinski definition) is 6. The number of para-hydroxylation sites is 2. The van der Waals surface area contributed by atoms with E-state index in [0.717, 1.165) is 22.4 Å². The monoisotopic (exact) mass is 468 g/mol. The van der Waals surface area contributed by atoms with E-state index in [0.29, 0.717) is 17.4 Å². The van der Waals surface area contributed by atoms with Crippen LogP contribution in [-0.2, 0) is 21.0 Å². The minimum Gasteiger partial charge on any atom is -0.337 e. The molecule has 1 fully saturated rings. The lowest BCUT2D eigenvalue weighted by Gasteiger charge is -2.33. The summed E-state index contributed by atoms with van der Waals surface area (Å²) in [4.78, 5) is 33.8. The van der Waals surface area contributed by atoms with Crippen molar-refractivity contribution in [1.82, 2.24) is 10.1 Å². The second kappa shape index (κ2) is 7.85. The molecule has 1 saturated heterocycles. The van der Waals surface area contributed by atoms with Crippen LogP contribution in [0, 0.1) is 6.92 Å². The molecule has 3 aromatic carbocycles. The van der Waals surface area contributed by atoms with Crippen molar-refractivity contribution in [2.24, 2.45) is 0 Å². The molecular formula is C26H20N4O3S. The number of aromatic nitrogens is 2. The summed E-state index contributed by atoms with van der Waals surface area (Å²) in [6.07, 6.45) is 0. The maximum Gasteiger partial charge on any atom is 0.269 e. The SMILES string of the molecule is Cc1cccc(-c2noc(CN3C(=O)C4(SCC(=O)N4c4ccccc4)c4ccccc43)n2)c1. The third kappa shape index (κ3) is 3.06. The van der Waals surface area contributed by atoms with Crippen LogP contribution in [0.1, 0.15) is 17.0 Å². The van der Waals surface area contributed by atoms with Gasteiger partial charge in [-0.3, -0.25) is 19.4 Å². The smallest absolute Gasteiger partial charge is 0.269 e. The van der Waals surface area contributed by atoms with Gasteiger partial charge in [0.25, 0.3) is 5.91 Å². The highest BCUT2D eigenvalue weighted by atomic mass is 32.2. The van der Waals surface area contributed by atoms with Gasteiger partial charge >= 0.3 is 0 Å². The summed E-state index contributed by atoms with van der Waals surface area (Å²) in [5.41, 5.74) is 4.18. The van der Waals surface area contributed by atoms with Gasteiger partial charge in [-0.05, 0) is 31.2 Å². The molecule has 0 aliphatic carbocycles. The number of thioether (sulfide) groups is 1. The molecule has 8 heteroatoms. The van der Waals surface area contributed by atoms with Crippen molar-refractivity contribution in [2.75, 3.05) is 15.6 Å². The molecule has 0 bridgehead atoms. The molecule has 6 rings (SSSR count). The third-order valence-electron chi connectivity index (χ3n) is 6.12. The minimum atomic E-state index is -1.16. The van der Waals surface area contributed by atoms with E-state index in [4.69, 9.17) is 4.52 Å². The van der Waals surface area contributed by atoms with E-state index in [1.807, 2.05) is 85.8 Å². The fraction of sp³-hybridized carbons (Fsp3) is 0.154. The summed E-state index contributed by atoms with van der Waals surface area (Å²) in [6, 6.07) is 24.8. The van der Waals surface area contributed by atoms with E-state index in [2.05, 4.69) is 10.1 Å². The Morgan fingerprint density at radius 2 is 1.79 bits per heavy atom. The summed E-state index contributed by atoms with van der Waals surface area (Å²) in [6.45, 7) is 2.12. The van der Waals surface area contributed by atoms with E-state index >= 15 is 0 Å². The maximum absolute atomic E-state index is 14.1. The summed E-state index contributed by atoms with van der Waals surface area (Å²) < 4.78 is 5.53. The molecule has 1 spiro atoms. The van der Waals surface area contributed by atoms with Crippen molar-refractivity contribution in [2.45, 2.75) is 18.3 Å². The normalized spacial score (nSPS) is 19.3. The van der Waals surface area contributed by atoms with Gasteiger partial charge < -0.3 is 4.52 Å². The van der Waals surface area contributed by atoms with Gasteiger partial charge in [0.2, 0.25) is 22.5 Å². The molecule has 2 aliphatic rings. The summed E-state index contributed by atoms with van der Waals surface area (Å²) >= 11 is 1.35. The quantitative estimate of drug-likeness (QED) is 0.438. The number of carbonyl (C=O) groups is 2. The first kappa shape index (κ1) is 20.7. The van der Waals surface area contributed by atoms with Crippen LogP contribution in [-0.4, -0.2) is 27.7 Å². The Kier molecular flexibility index (Phi) is 4.77. The molecule has 0 saturated carbocycles. The third-order valence-corrected chi connectivity index (χ3v) is 7.50. The predicted octanol–water partition coefficient (Wildman–Crippen LogP) is 4.52. The van der Waals surface area contributed by atoms with E-state index in [9.17, 15) is 9.59 Å². The van der Waals surface area contributed by atoms with Crippen LogP contribution in [0.25, 0.3) is 11.4 Å². The number of fused-ring (bicyclic) bond motifs is 2. The van der Waals surface area contributed by atoms with Crippen molar-refractivity contribution < 1.29 is 14.1 Å². The predicted molar refractivity (Wildman–Crippen MR) is 130 cm³/mol. The van der Waals surface area contributed by atoms with Gasteiger partial charge in [-0.15, -0.1) is 11.8 Å². The Morgan fingerprint density at radius 1 is 1.00 bits per heavy atom. The van der Waals surface area contributed by atoms with E-state index < -0.39 is 4.87 Å².